The Labute approximate surface area is 211 Å². The number of fused-ring (bicyclic) bond motifs is 2. The van der Waals surface area contributed by atoms with Gasteiger partial charge < -0.3 is 14.5 Å². The van der Waals surface area contributed by atoms with E-state index in [1.54, 1.807) is 0 Å². The summed E-state index contributed by atoms with van der Waals surface area (Å²) in [4.78, 5) is 20.1. The molecule has 0 atom stereocenters. The van der Waals surface area contributed by atoms with Crippen LogP contribution >= 0.6 is 0 Å². The van der Waals surface area contributed by atoms with Gasteiger partial charge in [0.05, 0.1) is 6.54 Å². The number of aryl methyl sites for hydroxylation is 1. The van der Waals surface area contributed by atoms with Crippen LogP contribution in [0.25, 0.3) is 0 Å². The number of amides is 1. The fourth-order valence-corrected chi connectivity index (χ4v) is 6.33. The first-order valence-electron chi connectivity index (χ1n) is 13.6. The van der Waals surface area contributed by atoms with Crippen molar-refractivity contribution in [1.29, 1.82) is 0 Å². The molecule has 3 heterocycles. The zero-order chi connectivity index (χ0) is 24.1. The Morgan fingerprint density at radius 3 is 2.43 bits per heavy atom. The molecular weight excluding hydrogens is 434 g/mol. The summed E-state index contributed by atoms with van der Waals surface area (Å²) < 4.78 is 6.15. The first-order chi connectivity index (χ1) is 17.1. The Hall–Kier alpha value is -2.37. The average Bonchev–Trinajstić information content (AvgIpc) is 2.87. The van der Waals surface area contributed by atoms with Gasteiger partial charge in [0.1, 0.15) is 12.4 Å². The summed E-state index contributed by atoms with van der Waals surface area (Å²) in [6.07, 6.45) is 8.06. The molecule has 1 saturated heterocycles. The molecule has 0 saturated carbocycles. The summed E-state index contributed by atoms with van der Waals surface area (Å²) in [7, 11) is 2.23. The molecule has 0 N–H and O–H groups in total. The van der Waals surface area contributed by atoms with E-state index in [2.05, 4.69) is 70.3 Å². The number of benzene rings is 2. The number of piperidine rings is 1. The van der Waals surface area contributed by atoms with Crippen LogP contribution in [-0.4, -0.2) is 73.5 Å². The van der Waals surface area contributed by atoms with Gasteiger partial charge in [0.2, 0.25) is 5.91 Å². The second kappa shape index (κ2) is 11.1. The summed E-state index contributed by atoms with van der Waals surface area (Å²) in [6, 6.07) is 17.2. The van der Waals surface area contributed by atoms with Gasteiger partial charge in [-0.3, -0.25) is 9.69 Å². The number of hydrogen-bond donors (Lipinski definition) is 0. The number of carbonyl (C=O) groups excluding carboxylic acids is 1. The highest BCUT2D eigenvalue weighted by molar-refractivity contribution is 5.78. The number of nitrogens with zero attached hydrogens (tertiary/aromatic N) is 3. The van der Waals surface area contributed by atoms with Gasteiger partial charge in [0.15, 0.2) is 0 Å². The van der Waals surface area contributed by atoms with Gasteiger partial charge >= 0.3 is 0 Å². The Morgan fingerprint density at radius 2 is 1.60 bits per heavy atom. The molecule has 3 aliphatic rings. The predicted molar refractivity (Wildman–Crippen MR) is 141 cm³/mol. The van der Waals surface area contributed by atoms with Gasteiger partial charge in [-0.15, -0.1) is 0 Å². The van der Waals surface area contributed by atoms with Gasteiger partial charge in [-0.05, 0) is 73.7 Å². The van der Waals surface area contributed by atoms with Crippen molar-refractivity contribution < 1.29 is 9.53 Å². The minimum atomic E-state index is 0.311. The summed E-state index contributed by atoms with van der Waals surface area (Å²) in [5.41, 5.74) is 4.48. The van der Waals surface area contributed by atoms with Crippen molar-refractivity contribution in [2.75, 3.05) is 52.9 Å². The van der Waals surface area contributed by atoms with Crippen molar-refractivity contribution in [2.24, 2.45) is 5.41 Å². The van der Waals surface area contributed by atoms with E-state index in [0.717, 1.165) is 77.3 Å². The van der Waals surface area contributed by atoms with E-state index in [1.807, 2.05) is 0 Å². The Bertz CT molecular complexity index is 999. The van der Waals surface area contributed by atoms with E-state index < -0.39 is 0 Å². The topological polar surface area (TPSA) is 36.0 Å². The molecule has 0 unspecified atom stereocenters. The number of likely N-dealkylation sites (tertiary alicyclic amines) is 1. The Morgan fingerprint density at radius 1 is 0.857 bits per heavy atom. The SMILES string of the molecule is CN1CCOc2ccccc2CCCCC2(CCN(C(=O)CN3CCc4ccccc4C3)CC2)C1. The molecule has 0 radical (unpaired) electrons. The van der Waals surface area contributed by atoms with Crippen molar-refractivity contribution in [2.45, 2.75) is 51.5 Å². The highest BCUT2D eigenvalue weighted by Crippen LogP contribution is 2.38. The summed E-state index contributed by atoms with van der Waals surface area (Å²) in [5.74, 6) is 1.37. The van der Waals surface area contributed by atoms with Gasteiger partial charge in [0, 0.05) is 39.3 Å². The highest BCUT2D eigenvalue weighted by atomic mass is 16.5. The third kappa shape index (κ3) is 6.07. The van der Waals surface area contributed by atoms with Crippen molar-refractivity contribution >= 4 is 5.91 Å². The van der Waals surface area contributed by atoms with Crippen LogP contribution in [0, 0.1) is 5.41 Å². The summed E-state index contributed by atoms with van der Waals surface area (Å²) in [5, 5.41) is 0. The van der Waals surface area contributed by atoms with Crippen LogP contribution in [0.4, 0.5) is 0 Å². The van der Waals surface area contributed by atoms with Crippen molar-refractivity contribution in [3.63, 3.8) is 0 Å². The van der Waals surface area contributed by atoms with E-state index in [-0.39, 0.29) is 0 Å². The maximum atomic E-state index is 13.2. The van der Waals surface area contributed by atoms with Gasteiger partial charge in [-0.1, -0.05) is 48.9 Å². The molecule has 2 aromatic rings. The standard InChI is InChI=1S/C30H41N3O2/c1-31-20-21-35-28-12-5-4-9-26(28)10-6-7-14-30(24-31)15-18-33(19-16-30)29(34)23-32-17-13-25-8-2-3-11-27(25)22-32/h2-5,8-9,11-12H,6-7,10,13-24H2,1H3. The molecule has 1 amide bonds. The van der Waals surface area contributed by atoms with Crippen molar-refractivity contribution in [3.05, 3.63) is 65.2 Å². The van der Waals surface area contributed by atoms with Crippen LogP contribution in [0.15, 0.2) is 48.5 Å². The van der Waals surface area contributed by atoms with E-state index in [0.29, 0.717) is 17.9 Å². The number of carbonyl (C=O) groups is 1. The average molecular weight is 476 g/mol. The lowest BCUT2D eigenvalue weighted by Crippen LogP contribution is -2.50. The zero-order valence-electron chi connectivity index (χ0n) is 21.4. The molecule has 3 aliphatic heterocycles. The van der Waals surface area contributed by atoms with Crippen molar-refractivity contribution in [1.82, 2.24) is 14.7 Å². The number of likely N-dealkylation sites (N-methyl/N-ethyl adjacent to an activating group) is 1. The van der Waals surface area contributed by atoms with Crippen LogP contribution in [-0.2, 0) is 24.2 Å². The highest BCUT2D eigenvalue weighted by Gasteiger charge is 2.36. The summed E-state index contributed by atoms with van der Waals surface area (Å²) in [6.45, 7) is 7.00. The van der Waals surface area contributed by atoms with Crippen LogP contribution in [0.3, 0.4) is 0 Å². The van der Waals surface area contributed by atoms with Gasteiger partial charge in [-0.25, -0.2) is 0 Å². The lowest BCUT2D eigenvalue weighted by Gasteiger charge is -2.44. The fourth-order valence-electron chi connectivity index (χ4n) is 6.33. The number of ether oxygens (including phenoxy) is 1. The predicted octanol–water partition coefficient (Wildman–Crippen LogP) is 4.39. The van der Waals surface area contributed by atoms with E-state index in [1.165, 1.54) is 36.0 Å². The minimum absolute atomic E-state index is 0.311. The molecule has 1 spiro atoms. The van der Waals surface area contributed by atoms with Crippen LogP contribution in [0.1, 0.15) is 48.8 Å². The molecule has 2 aromatic carbocycles. The molecule has 0 aliphatic carbocycles. The molecular formula is C30H41N3O2. The van der Waals surface area contributed by atoms with Crippen LogP contribution < -0.4 is 4.74 Å². The molecule has 0 bridgehead atoms. The van der Waals surface area contributed by atoms with Gasteiger partial charge in [0.25, 0.3) is 0 Å². The van der Waals surface area contributed by atoms with Crippen molar-refractivity contribution in [3.8, 4) is 5.75 Å². The lowest BCUT2D eigenvalue weighted by atomic mass is 9.73. The van der Waals surface area contributed by atoms with E-state index >= 15 is 0 Å². The Balaban J connectivity index is 1.16. The first kappa shape index (κ1) is 24.3. The third-order valence-electron chi connectivity index (χ3n) is 8.46. The van der Waals surface area contributed by atoms with Gasteiger partial charge in [-0.2, -0.15) is 0 Å². The molecule has 1 fully saturated rings. The second-order valence-corrected chi connectivity index (χ2v) is 11.0. The fraction of sp³-hybridized carbons (Fsp3) is 0.567. The third-order valence-corrected chi connectivity index (χ3v) is 8.46. The van der Waals surface area contributed by atoms with E-state index in [4.69, 9.17) is 4.74 Å². The molecule has 35 heavy (non-hydrogen) atoms. The maximum Gasteiger partial charge on any atom is 0.236 e. The quantitative estimate of drug-likeness (QED) is 0.646. The van der Waals surface area contributed by atoms with Crippen LogP contribution in [0.2, 0.25) is 0 Å². The normalized spacial score (nSPS) is 21.8. The molecule has 0 aromatic heterocycles. The monoisotopic (exact) mass is 475 g/mol. The number of hydrogen-bond acceptors (Lipinski definition) is 4. The first-order valence-corrected chi connectivity index (χ1v) is 13.6. The Kier molecular flexibility index (Phi) is 7.74. The lowest BCUT2D eigenvalue weighted by molar-refractivity contribution is -0.135. The smallest absolute Gasteiger partial charge is 0.236 e. The summed E-state index contributed by atoms with van der Waals surface area (Å²) >= 11 is 0. The molecule has 5 rings (SSSR count). The minimum Gasteiger partial charge on any atom is -0.492 e. The zero-order valence-corrected chi connectivity index (χ0v) is 21.4. The second-order valence-electron chi connectivity index (χ2n) is 11.0. The number of rotatable bonds is 2. The molecule has 5 nitrogen and oxygen atoms in total. The maximum absolute atomic E-state index is 13.2. The molecule has 5 heteroatoms. The van der Waals surface area contributed by atoms with Crippen LogP contribution in [0.5, 0.6) is 5.75 Å². The molecule has 188 valence electrons. The largest absolute Gasteiger partial charge is 0.492 e. The van der Waals surface area contributed by atoms with E-state index in [9.17, 15) is 4.79 Å². The number of para-hydroxylation sites is 1.